The highest BCUT2D eigenvalue weighted by Gasteiger charge is 2.22. The highest BCUT2D eigenvalue weighted by Crippen LogP contribution is 2.30. The van der Waals surface area contributed by atoms with Crippen molar-refractivity contribution in [1.82, 2.24) is 20.0 Å². The zero-order valence-corrected chi connectivity index (χ0v) is 17.5. The van der Waals surface area contributed by atoms with Crippen molar-refractivity contribution in [2.24, 2.45) is 4.99 Å². The van der Waals surface area contributed by atoms with E-state index in [-0.39, 0.29) is 0 Å². The van der Waals surface area contributed by atoms with E-state index in [2.05, 4.69) is 69.1 Å². The van der Waals surface area contributed by atoms with Crippen LogP contribution in [0.15, 0.2) is 41.7 Å². The molecule has 0 aliphatic carbocycles. The molecule has 0 bridgehead atoms. The Morgan fingerprint density at radius 3 is 2.80 bits per heavy atom. The molecule has 0 spiro atoms. The summed E-state index contributed by atoms with van der Waals surface area (Å²) in [4.78, 5) is 16.7. The van der Waals surface area contributed by atoms with E-state index in [1.165, 1.54) is 5.56 Å². The van der Waals surface area contributed by atoms with Crippen molar-refractivity contribution in [1.29, 1.82) is 0 Å². The second-order valence-corrected chi connectivity index (χ2v) is 7.67. The molecule has 0 atom stereocenters. The van der Waals surface area contributed by atoms with Crippen molar-refractivity contribution in [2.45, 2.75) is 20.4 Å². The van der Waals surface area contributed by atoms with E-state index < -0.39 is 0 Å². The van der Waals surface area contributed by atoms with Crippen LogP contribution in [-0.2, 0) is 11.3 Å². The van der Waals surface area contributed by atoms with Crippen LogP contribution >= 0.6 is 0 Å². The monoisotopic (exact) mass is 405 g/mol. The Morgan fingerprint density at radius 1 is 1.13 bits per heavy atom. The van der Waals surface area contributed by atoms with E-state index >= 15 is 0 Å². The fraction of sp³-hybridized carbons (Fsp3) is 0.409. The quantitative estimate of drug-likeness (QED) is 0.719. The van der Waals surface area contributed by atoms with E-state index in [9.17, 15) is 0 Å². The minimum atomic E-state index is 0.718. The molecule has 5 rings (SSSR count). The number of rotatable bonds is 4. The molecule has 1 aromatic carbocycles. The summed E-state index contributed by atoms with van der Waals surface area (Å²) in [6.45, 7) is 9.72. The normalized spacial score (nSPS) is 17.2. The lowest BCUT2D eigenvalue weighted by Crippen LogP contribution is -2.48. The van der Waals surface area contributed by atoms with Gasteiger partial charge in [-0.1, -0.05) is 23.8 Å². The van der Waals surface area contributed by atoms with Crippen molar-refractivity contribution in [3.05, 3.63) is 47.8 Å². The minimum Gasteiger partial charge on any atom is -0.378 e. The molecule has 3 aromatic rings. The highest BCUT2D eigenvalue weighted by molar-refractivity contribution is 6.00. The summed E-state index contributed by atoms with van der Waals surface area (Å²) < 4.78 is 7.66. The Morgan fingerprint density at radius 2 is 2.00 bits per heavy atom. The summed E-state index contributed by atoms with van der Waals surface area (Å²) in [5.74, 6) is 1.77. The number of benzene rings is 1. The maximum absolute atomic E-state index is 5.56. The summed E-state index contributed by atoms with van der Waals surface area (Å²) in [5, 5.41) is 2.10. The number of imidazole rings is 1. The van der Waals surface area contributed by atoms with E-state index in [1.54, 1.807) is 0 Å². The van der Waals surface area contributed by atoms with Crippen LogP contribution in [0.25, 0.3) is 11.2 Å². The smallest absolute Gasteiger partial charge is 0.164 e. The zero-order chi connectivity index (χ0) is 20.5. The van der Waals surface area contributed by atoms with Crippen LogP contribution in [-0.4, -0.2) is 59.8 Å². The Bertz CT molecular complexity index is 1080. The van der Waals surface area contributed by atoms with Gasteiger partial charge in [0.2, 0.25) is 0 Å². The van der Waals surface area contributed by atoms with E-state index in [0.717, 1.165) is 80.0 Å². The van der Waals surface area contributed by atoms with Gasteiger partial charge in [0.25, 0.3) is 0 Å². The van der Waals surface area contributed by atoms with Crippen molar-refractivity contribution in [3.63, 3.8) is 0 Å². The van der Waals surface area contributed by atoms with E-state index in [1.807, 2.05) is 6.33 Å². The number of aromatic nitrogens is 3. The van der Waals surface area contributed by atoms with Crippen LogP contribution in [0.2, 0.25) is 0 Å². The van der Waals surface area contributed by atoms with Crippen LogP contribution < -0.4 is 15.3 Å². The number of nitrogens with zero attached hydrogens (tertiary/aromatic N) is 6. The van der Waals surface area contributed by atoms with Crippen molar-refractivity contribution < 1.29 is 4.74 Å². The summed E-state index contributed by atoms with van der Waals surface area (Å²) >= 11 is 0. The number of hydrazine groups is 1. The maximum Gasteiger partial charge on any atom is 0.164 e. The van der Waals surface area contributed by atoms with Crippen molar-refractivity contribution >= 4 is 28.5 Å². The second-order valence-electron chi connectivity index (χ2n) is 7.67. The van der Waals surface area contributed by atoms with Gasteiger partial charge in [-0.15, -0.1) is 0 Å². The third kappa shape index (κ3) is 3.47. The molecule has 0 amide bonds. The third-order valence-corrected chi connectivity index (χ3v) is 5.63. The number of hydrogen-bond acceptors (Lipinski definition) is 7. The first kappa shape index (κ1) is 18.9. The van der Waals surface area contributed by atoms with Crippen LogP contribution in [0.3, 0.4) is 0 Å². The standard InChI is InChI=1S/C22H27N7O/c1-3-27-15-24-20-18(28-9-11-30-12-10-28)14-19(25-22(20)27)29-8-7-23-21(26-29)17-6-4-5-16(2)13-17/h4-6,13-15H,3,7-12H2,1-2H3,(H,23,26). The van der Waals surface area contributed by atoms with Gasteiger partial charge in [0.1, 0.15) is 11.4 Å². The van der Waals surface area contributed by atoms with Gasteiger partial charge in [-0.25, -0.2) is 9.97 Å². The fourth-order valence-corrected chi connectivity index (χ4v) is 4.02. The lowest BCUT2D eigenvalue weighted by atomic mass is 10.1. The maximum atomic E-state index is 5.56. The molecule has 8 nitrogen and oxygen atoms in total. The Kier molecular flexibility index (Phi) is 5.00. The highest BCUT2D eigenvalue weighted by atomic mass is 16.5. The van der Waals surface area contributed by atoms with Gasteiger partial charge >= 0.3 is 0 Å². The molecule has 2 aliphatic rings. The molecule has 8 heteroatoms. The van der Waals surface area contributed by atoms with Gasteiger partial charge < -0.3 is 14.2 Å². The molecule has 156 valence electrons. The molecule has 1 saturated heterocycles. The van der Waals surface area contributed by atoms with Crippen LogP contribution in [0, 0.1) is 6.92 Å². The van der Waals surface area contributed by atoms with Gasteiger partial charge in [-0.3, -0.25) is 15.4 Å². The van der Waals surface area contributed by atoms with Crippen LogP contribution in [0.4, 0.5) is 11.5 Å². The van der Waals surface area contributed by atoms with Gasteiger partial charge in [0.15, 0.2) is 11.5 Å². The summed E-state index contributed by atoms with van der Waals surface area (Å²) in [6.07, 6.45) is 1.88. The van der Waals surface area contributed by atoms with Crippen LogP contribution in [0.1, 0.15) is 18.1 Å². The van der Waals surface area contributed by atoms with E-state index in [4.69, 9.17) is 14.7 Å². The average Bonchev–Trinajstić information content (AvgIpc) is 3.22. The van der Waals surface area contributed by atoms with Crippen molar-refractivity contribution in [3.8, 4) is 0 Å². The Hall–Kier alpha value is -3.13. The molecule has 2 aliphatic heterocycles. The first-order chi connectivity index (χ1) is 14.7. The molecule has 4 heterocycles. The number of pyridine rings is 1. The van der Waals surface area contributed by atoms with Crippen LogP contribution in [0.5, 0.6) is 0 Å². The first-order valence-electron chi connectivity index (χ1n) is 10.6. The number of fused-ring (bicyclic) bond motifs is 1. The largest absolute Gasteiger partial charge is 0.378 e. The molecule has 0 saturated carbocycles. The number of anilines is 2. The first-order valence-corrected chi connectivity index (χ1v) is 10.6. The predicted octanol–water partition coefficient (Wildman–Crippen LogP) is 2.37. The number of aryl methyl sites for hydroxylation is 2. The molecular formula is C22H27N7O. The molecule has 30 heavy (non-hydrogen) atoms. The number of amidine groups is 1. The van der Waals surface area contributed by atoms with Gasteiger partial charge in [-0.05, 0) is 19.9 Å². The SMILES string of the molecule is CCn1cnc2c(N3CCOCC3)cc(N3CCN=C(c4cccc(C)c4)N3)nc21. The molecule has 0 radical (unpaired) electrons. The molecule has 0 unspecified atom stereocenters. The number of nitrogens with one attached hydrogen (secondary N) is 1. The molecule has 1 fully saturated rings. The minimum absolute atomic E-state index is 0.718. The Balaban J connectivity index is 1.52. The van der Waals surface area contributed by atoms with Crippen molar-refractivity contribution in [2.75, 3.05) is 49.3 Å². The Labute approximate surface area is 176 Å². The average molecular weight is 406 g/mol. The lowest BCUT2D eigenvalue weighted by molar-refractivity contribution is 0.123. The molecular weight excluding hydrogens is 378 g/mol. The summed E-state index contributed by atoms with van der Waals surface area (Å²) in [6, 6.07) is 10.5. The molecule has 1 N–H and O–H groups in total. The third-order valence-electron chi connectivity index (χ3n) is 5.63. The van der Waals surface area contributed by atoms with Gasteiger partial charge in [0, 0.05) is 31.3 Å². The zero-order valence-electron chi connectivity index (χ0n) is 17.5. The number of aliphatic imine (C=N–C) groups is 1. The second kappa shape index (κ2) is 7.95. The number of hydrogen-bond donors (Lipinski definition) is 1. The topological polar surface area (TPSA) is 70.8 Å². The lowest BCUT2D eigenvalue weighted by Gasteiger charge is -2.32. The fourth-order valence-electron chi connectivity index (χ4n) is 4.02. The summed E-state index contributed by atoms with van der Waals surface area (Å²) in [7, 11) is 0. The predicted molar refractivity (Wildman–Crippen MR) is 119 cm³/mol. The number of ether oxygens (including phenoxy) is 1. The molecule has 2 aromatic heterocycles. The van der Waals surface area contributed by atoms with E-state index in [0.29, 0.717) is 0 Å². The number of morpholine rings is 1. The summed E-state index contributed by atoms with van der Waals surface area (Å²) in [5.41, 5.74) is 8.78. The van der Waals surface area contributed by atoms with Gasteiger partial charge in [-0.2, -0.15) is 0 Å². The van der Waals surface area contributed by atoms with Gasteiger partial charge in [0.05, 0.1) is 38.3 Å².